The van der Waals surface area contributed by atoms with Crippen molar-refractivity contribution < 1.29 is 9.72 Å². The van der Waals surface area contributed by atoms with E-state index in [4.69, 9.17) is 0 Å². The number of halogens is 1. The van der Waals surface area contributed by atoms with Crippen LogP contribution in [0.2, 0.25) is 0 Å². The third-order valence-electron chi connectivity index (χ3n) is 4.60. The predicted molar refractivity (Wildman–Crippen MR) is 107 cm³/mol. The average Bonchev–Trinajstić information content (AvgIpc) is 3.41. The highest BCUT2D eigenvalue weighted by Crippen LogP contribution is 2.30. The number of hydrogen-bond acceptors (Lipinski definition) is 4. The molecule has 1 aliphatic rings. The minimum atomic E-state index is -0.452. The highest BCUT2D eigenvalue weighted by atomic mass is 79.9. The van der Waals surface area contributed by atoms with Crippen molar-refractivity contribution in [2.45, 2.75) is 25.4 Å². The third-order valence-corrected chi connectivity index (χ3v) is 5.10. The summed E-state index contributed by atoms with van der Waals surface area (Å²) in [5, 5.41) is 15.3. The van der Waals surface area contributed by atoms with E-state index in [1.807, 2.05) is 29.2 Å². The van der Waals surface area contributed by atoms with Crippen molar-refractivity contribution in [1.82, 2.24) is 14.7 Å². The number of carbonyl (C=O) groups excluding carboxylic acids is 1. The molecule has 7 nitrogen and oxygen atoms in total. The summed E-state index contributed by atoms with van der Waals surface area (Å²) in [5.41, 5.74) is 1.90. The largest absolute Gasteiger partial charge is 0.330 e. The van der Waals surface area contributed by atoms with Crippen LogP contribution in [0.5, 0.6) is 0 Å². The fourth-order valence-corrected chi connectivity index (χ4v) is 3.51. The van der Waals surface area contributed by atoms with E-state index in [9.17, 15) is 14.9 Å². The molecule has 0 atom stereocenters. The summed E-state index contributed by atoms with van der Waals surface area (Å²) >= 11 is 3.46. The molecule has 0 unspecified atom stereocenters. The summed E-state index contributed by atoms with van der Waals surface area (Å²) < 4.78 is 2.47. The SMILES string of the molecule is O=C(c1ccn(-c2cccc([N+](=O)[O-])c2)n1)N(Cc1cccc(Br)c1)C1CC1. The first-order valence-electron chi connectivity index (χ1n) is 8.87. The van der Waals surface area contributed by atoms with Gasteiger partial charge >= 0.3 is 0 Å². The van der Waals surface area contributed by atoms with Crippen molar-refractivity contribution in [3.63, 3.8) is 0 Å². The molecule has 1 aromatic heterocycles. The molecule has 1 heterocycles. The van der Waals surface area contributed by atoms with Crippen LogP contribution in [0.15, 0.2) is 65.3 Å². The van der Waals surface area contributed by atoms with Gasteiger partial charge < -0.3 is 4.90 Å². The molecule has 142 valence electrons. The van der Waals surface area contributed by atoms with Gasteiger partial charge in [-0.1, -0.05) is 34.1 Å². The Morgan fingerprint density at radius 2 is 2.00 bits per heavy atom. The van der Waals surface area contributed by atoms with Crippen LogP contribution in [-0.2, 0) is 6.54 Å². The molecule has 0 spiro atoms. The zero-order valence-electron chi connectivity index (χ0n) is 14.9. The molecule has 2 aromatic carbocycles. The molecule has 0 aliphatic heterocycles. The number of nitrogens with zero attached hydrogens (tertiary/aromatic N) is 4. The Bertz CT molecular complexity index is 1050. The topological polar surface area (TPSA) is 81.3 Å². The Labute approximate surface area is 169 Å². The van der Waals surface area contributed by atoms with E-state index in [1.54, 1.807) is 24.4 Å². The van der Waals surface area contributed by atoms with E-state index in [1.165, 1.54) is 16.8 Å². The molecule has 3 aromatic rings. The van der Waals surface area contributed by atoms with Gasteiger partial charge in [-0.2, -0.15) is 5.10 Å². The summed E-state index contributed by atoms with van der Waals surface area (Å²) in [6, 6.07) is 16.0. The lowest BCUT2D eigenvalue weighted by atomic mass is 10.2. The first-order chi connectivity index (χ1) is 13.5. The van der Waals surface area contributed by atoms with Crippen LogP contribution in [0.3, 0.4) is 0 Å². The summed E-state index contributed by atoms with van der Waals surface area (Å²) in [4.78, 5) is 25.4. The van der Waals surface area contributed by atoms with Crippen molar-refractivity contribution in [2.75, 3.05) is 0 Å². The van der Waals surface area contributed by atoms with E-state index in [0.717, 1.165) is 22.9 Å². The van der Waals surface area contributed by atoms with E-state index < -0.39 is 4.92 Å². The second-order valence-electron chi connectivity index (χ2n) is 6.72. The molecule has 1 fully saturated rings. The van der Waals surface area contributed by atoms with Crippen LogP contribution >= 0.6 is 15.9 Å². The van der Waals surface area contributed by atoms with Crippen LogP contribution in [0, 0.1) is 10.1 Å². The van der Waals surface area contributed by atoms with E-state index >= 15 is 0 Å². The van der Waals surface area contributed by atoms with Crippen molar-refractivity contribution in [3.05, 3.63) is 86.6 Å². The molecular weight excluding hydrogens is 424 g/mol. The highest BCUT2D eigenvalue weighted by molar-refractivity contribution is 9.10. The lowest BCUT2D eigenvalue weighted by Crippen LogP contribution is -2.33. The molecule has 1 amide bonds. The third kappa shape index (κ3) is 3.96. The normalized spacial score (nSPS) is 13.3. The van der Waals surface area contributed by atoms with E-state index in [2.05, 4.69) is 21.0 Å². The summed E-state index contributed by atoms with van der Waals surface area (Å²) in [7, 11) is 0. The van der Waals surface area contributed by atoms with Gasteiger partial charge in [-0.15, -0.1) is 0 Å². The fraction of sp³-hybridized carbons (Fsp3) is 0.200. The Hall–Kier alpha value is -3.00. The van der Waals surface area contributed by atoms with Gasteiger partial charge in [-0.3, -0.25) is 14.9 Å². The number of nitro groups is 1. The number of aromatic nitrogens is 2. The molecule has 1 saturated carbocycles. The fourth-order valence-electron chi connectivity index (χ4n) is 3.06. The van der Waals surface area contributed by atoms with Crippen LogP contribution in [-0.4, -0.2) is 31.6 Å². The molecular formula is C20H17BrN4O3. The van der Waals surface area contributed by atoms with Gasteiger partial charge in [0.05, 0.1) is 10.6 Å². The zero-order chi connectivity index (χ0) is 19.7. The van der Waals surface area contributed by atoms with Gasteiger partial charge in [0, 0.05) is 35.4 Å². The van der Waals surface area contributed by atoms with E-state index in [-0.39, 0.29) is 17.6 Å². The lowest BCUT2D eigenvalue weighted by Gasteiger charge is -2.21. The number of nitro benzene ring substituents is 1. The molecule has 1 aliphatic carbocycles. The smallest absolute Gasteiger partial charge is 0.274 e. The maximum Gasteiger partial charge on any atom is 0.274 e. The monoisotopic (exact) mass is 440 g/mol. The van der Waals surface area contributed by atoms with Crippen molar-refractivity contribution in [1.29, 1.82) is 0 Å². The van der Waals surface area contributed by atoms with Crippen LogP contribution in [0.25, 0.3) is 5.69 Å². The minimum absolute atomic E-state index is 0.0184. The highest BCUT2D eigenvalue weighted by Gasteiger charge is 2.34. The summed E-state index contributed by atoms with van der Waals surface area (Å²) in [5.74, 6) is -0.133. The van der Waals surface area contributed by atoms with E-state index in [0.29, 0.717) is 17.9 Å². The molecule has 0 radical (unpaired) electrons. The Morgan fingerprint density at radius 1 is 1.21 bits per heavy atom. The molecule has 0 saturated heterocycles. The van der Waals surface area contributed by atoms with Gasteiger partial charge in [-0.05, 0) is 42.7 Å². The number of benzene rings is 2. The molecule has 0 N–H and O–H groups in total. The number of rotatable bonds is 6. The van der Waals surface area contributed by atoms with Gasteiger partial charge in [0.1, 0.15) is 0 Å². The van der Waals surface area contributed by atoms with Crippen LogP contribution in [0.4, 0.5) is 5.69 Å². The number of carbonyl (C=O) groups is 1. The van der Waals surface area contributed by atoms with Crippen molar-refractivity contribution in [2.24, 2.45) is 0 Å². The van der Waals surface area contributed by atoms with Crippen LogP contribution in [0.1, 0.15) is 28.9 Å². The Kier molecular flexibility index (Phi) is 4.95. The van der Waals surface area contributed by atoms with Gasteiger partial charge in [0.2, 0.25) is 0 Å². The lowest BCUT2D eigenvalue weighted by molar-refractivity contribution is -0.384. The number of amides is 1. The second kappa shape index (κ2) is 7.55. The predicted octanol–water partition coefficient (Wildman–Crippen LogP) is 4.35. The van der Waals surface area contributed by atoms with Crippen molar-refractivity contribution >= 4 is 27.5 Å². The summed E-state index contributed by atoms with van der Waals surface area (Å²) in [6.07, 6.45) is 3.63. The molecule has 28 heavy (non-hydrogen) atoms. The maximum atomic E-state index is 13.1. The van der Waals surface area contributed by atoms with Gasteiger partial charge in [0.15, 0.2) is 5.69 Å². The first kappa shape index (κ1) is 18.4. The van der Waals surface area contributed by atoms with Gasteiger partial charge in [-0.25, -0.2) is 4.68 Å². The molecule has 4 rings (SSSR count). The summed E-state index contributed by atoms with van der Waals surface area (Å²) in [6.45, 7) is 0.520. The minimum Gasteiger partial charge on any atom is -0.330 e. The maximum absolute atomic E-state index is 13.1. The second-order valence-corrected chi connectivity index (χ2v) is 7.63. The number of non-ortho nitro benzene ring substituents is 1. The Balaban J connectivity index is 1.57. The van der Waals surface area contributed by atoms with Crippen LogP contribution < -0.4 is 0 Å². The number of hydrogen-bond donors (Lipinski definition) is 0. The molecule has 8 heteroatoms. The Morgan fingerprint density at radius 3 is 2.71 bits per heavy atom. The zero-order valence-corrected chi connectivity index (χ0v) is 16.4. The average molecular weight is 441 g/mol. The first-order valence-corrected chi connectivity index (χ1v) is 9.66. The van der Waals surface area contributed by atoms with Crippen molar-refractivity contribution in [3.8, 4) is 5.69 Å². The standard InChI is InChI=1S/C20H17BrN4O3/c21-15-4-1-3-14(11-15)13-23(16-7-8-16)20(26)19-9-10-24(22-19)17-5-2-6-18(12-17)25(27)28/h1-6,9-12,16H,7-8,13H2. The van der Waals surface area contributed by atoms with Gasteiger partial charge in [0.25, 0.3) is 11.6 Å². The quantitative estimate of drug-likeness (QED) is 0.421. The molecule has 0 bridgehead atoms.